The van der Waals surface area contributed by atoms with Crippen LogP contribution in [0.4, 0.5) is 14.5 Å². The number of rotatable bonds is 4. The average Bonchev–Trinajstić information content (AvgIpc) is 2.39. The van der Waals surface area contributed by atoms with Crippen LogP contribution in [0.15, 0.2) is 42.5 Å². The largest absolute Gasteiger partial charge is 0.370 e. The molecule has 104 valence electrons. The van der Waals surface area contributed by atoms with Crippen LogP contribution in [-0.2, 0) is 4.79 Å². The Kier molecular flexibility index (Phi) is 3.98. The van der Waals surface area contributed by atoms with Crippen LogP contribution in [0.1, 0.15) is 17.2 Å². The highest BCUT2D eigenvalue weighted by molar-refractivity contribution is 5.84. The maximum Gasteiger partial charge on any atom is 0.244 e. The van der Waals surface area contributed by atoms with Crippen LogP contribution in [0.25, 0.3) is 0 Å². The van der Waals surface area contributed by atoms with Crippen LogP contribution in [0.5, 0.6) is 0 Å². The van der Waals surface area contributed by atoms with E-state index < -0.39 is 11.9 Å². The van der Waals surface area contributed by atoms with Gasteiger partial charge in [0.1, 0.15) is 17.7 Å². The molecule has 0 heterocycles. The first-order chi connectivity index (χ1) is 9.47. The molecule has 1 atom stereocenters. The third-order valence-corrected chi connectivity index (χ3v) is 2.98. The molecule has 2 rings (SSSR count). The van der Waals surface area contributed by atoms with Crippen molar-refractivity contribution in [3.63, 3.8) is 0 Å². The molecule has 2 aromatic rings. The summed E-state index contributed by atoms with van der Waals surface area (Å²) in [6.45, 7) is 1.70. The molecule has 0 bridgehead atoms. The second kappa shape index (κ2) is 5.69. The molecule has 3 N–H and O–H groups in total. The number of primary amides is 1. The molecule has 1 unspecified atom stereocenters. The highest BCUT2D eigenvalue weighted by atomic mass is 19.1. The van der Waals surface area contributed by atoms with Gasteiger partial charge in [0.15, 0.2) is 0 Å². The summed E-state index contributed by atoms with van der Waals surface area (Å²) in [5, 5.41) is 2.92. The van der Waals surface area contributed by atoms with Gasteiger partial charge in [0.2, 0.25) is 5.91 Å². The summed E-state index contributed by atoms with van der Waals surface area (Å²) in [4.78, 5) is 11.6. The van der Waals surface area contributed by atoms with Crippen LogP contribution in [0.3, 0.4) is 0 Å². The maximum absolute atomic E-state index is 13.1. The molecule has 0 aromatic heterocycles. The van der Waals surface area contributed by atoms with Gasteiger partial charge in [0.25, 0.3) is 0 Å². The van der Waals surface area contributed by atoms with Crippen molar-refractivity contribution in [2.75, 3.05) is 5.32 Å². The smallest absolute Gasteiger partial charge is 0.244 e. The Morgan fingerprint density at radius 2 is 1.70 bits per heavy atom. The van der Waals surface area contributed by atoms with Gasteiger partial charge in [-0.3, -0.25) is 4.79 Å². The molecule has 1 amide bonds. The zero-order chi connectivity index (χ0) is 14.7. The Bertz CT molecular complexity index is 626. The summed E-state index contributed by atoms with van der Waals surface area (Å²) in [5.41, 5.74) is 7.14. The van der Waals surface area contributed by atoms with Crippen molar-refractivity contribution in [2.24, 2.45) is 5.73 Å². The molecular weight excluding hydrogens is 262 g/mol. The third-order valence-electron chi connectivity index (χ3n) is 2.98. The van der Waals surface area contributed by atoms with Crippen molar-refractivity contribution in [1.82, 2.24) is 0 Å². The first kappa shape index (κ1) is 14.0. The zero-order valence-electron chi connectivity index (χ0n) is 10.9. The summed E-state index contributed by atoms with van der Waals surface area (Å²) in [5.74, 6) is -1.34. The number of carbonyl (C=O) groups excluding carboxylic acids is 1. The van der Waals surface area contributed by atoms with E-state index in [4.69, 9.17) is 5.73 Å². The predicted molar refractivity (Wildman–Crippen MR) is 73.1 cm³/mol. The molecule has 5 heteroatoms. The number of hydrogen-bond donors (Lipinski definition) is 2. The first-order valence-corrected chi connectivity index (χ1v) is 6.05. The molecular formula is C15H14F2N2O. The number of nitrogens with two attached hydrogens (primary N) is 1. The topological polar surface area (TPSA) is 55.1 Å². The lowest BCUT2D eigenvalue weighted by Gasteiger charge is -2.19. The maximum atomic E-state index is 13.1. The second-order valence-electron chi connectivity index (χ2n) is 4.49. The van der Waals surface area contributed by atoms with E-state index in [-0.39, 0.29) is 11.6 Å². The van der Waals surface area contributed by atoms with Crippen LogP contribution in [-0.4, -0.2) is 5.91 Å². The molecule has 0 spiro atoms. The Balaban J connectivity index is 2.31. The molecule has 0 aliphatic heterocycles. The normalized spacial score (nSPS) is 11.9. The second-order valence-corrected chi connectivity index (χ2v) is 4.49. The first-order valence-electron chi connectivity index (χ1n) is 6.05. The number of hydrogen-bond acceptors (Lipinski definition) is 2. The molecule has 0 saturated heterocycles. The number of anilines is 1. The lowest BCUT2D eigenvalue weighted by Crippen LogP contribution is -2.28. The van der Waals surface area contributed by atoms with E-state index in [1.807, 2.05) is 0 Å². The number of benzene rings is 2. The lowest BCUT2D eigenvalue weighted by molar-refractivity contribution is -0.118. The molecule has 0 aliphatic rings. The van der Waals surface area contributed by atoms with Crippen LogP contribution < -0.4 is 11.1 Å². The number of amides is 1. The van der Waals surface area contributed by atoms with Crippen molar-refractivity contribution < 1.29 is 13.6 Å². The highest BCUT2D eigenvalue weighted by Crippen LogP contribution is 2.23. The van der Waals surface area contributed by atoms with Crippen LogP contribution >= 0.6 is 0 Å². The molecule has 0 aliphatic carbocycles. The zero-order valence-corrected chi connectivity index (χ0v) is 10.9. The van der Waals surface area contributed by atoms with Gasteiger partial charge in [0.05, 0.1) is 0 Å². The summed E-state index contributed by atoms with van der Waals surface area (Å²) in [6, 6.07) is 8.86. The molecule has 0 radical (unpaired) electrons. The van der Waals surface area contributed by atoms with Gasteiger partial charge in [-0.05, 0) is 54.4 Å². The minimum atomic E-state index is -0.805. The Hall–Kier alpha value is -2.43. The average molecular weight is 276 g/mol. The van der Waals surface area contributed by atoms with Crippen molar-refractivity contribution in [3.8, 4) is 0 Å². The van der Waals surface area contributed by atoms with Crippen LogP contribution in [0, 0.1) is 18.6 Å². The SMILES string of the molecule is Cc1cc(F)ccc1C(Nc1ccc(F)cc1)C(N)=O. The summed E-state index contributed by atoms with van der Waals surface area (Å²) in [7, 11) is 0. The number of nitrogens with one attached hydrogen (secondary N) is 1. The molecule has 20 heavy (non-hydrogen) atoms. The van der Waals surface area contributed by atoms with Gasteiger partial charge in [-0.1, -0.05) is 6.07 Å². The van der Waals surface area contributed by atoms with E-state index in [2.05, 4.69) is 5.32 Å². The summed E-state index contributed by atoms with van der Waals surface area (Å²) in [6.07, 6.45) is 0. The van der Waals surface area contributed by atoms with Gasteiger partial charge in [0, 0.05) is 5.69 Å². The minimum Gasteiger partial charge on any atom is -0.370 e. The standard InChI is InChI=1S/C15H14F2N2O/c1-9-8-11(17)4-7-13(9)14(15(18)20)19-12-5-2-10(16)3-6-12/h2-8,14,19H,1H3,(H2,18,20). The van der Waals surface area contributed by atoms with Gasteiger partial charge >= 0.3 is 0 Å². The molecule has 2 aromatic carbocycles. The fourth-order valence-electron chi connectivity index (χ4n) is 1.98. The third kappa shape index (κ3) is 3.12. The van der Waals surface area contributed by atoms with E-state index in [9.17, 15) is 13.6 Å². The van der Waals surface area contributed by atoms with Crippen molar-refractivity contribution in [3.05, 3.63) is 65.2 Å². The summed E-state index contributed by atoms with van der Waals surface area (Å²) >= 11 is 0. The number of aryl methyl sites for hydroxylation is 1. The van der Waals surface area contributed by atoms with E-state index in [1.165, 1.54) is 42.5 Å². The van der Waals surface area contributed by atoms with Crippen molar-refractivity contribution in [2.45, 2.75) is 13.0 Å². The van der Waals surface area contributed by atoms with E-state index in [1.54, 1.807) is 6.92 Å². The fraction of sp³-hybridized carbons (Fsp3) is 0.133. The number of halogens is 2. The fourth-order valence-corrected chi connectivity index (χ4v) is 1.98. The van der Waals surface area contributed by atoms with Crippen molar-refractivity contribution in [1.29, 1.82) is 0 Å². The predicted octanol–water partition coefficient (Wildman–Crippen LogP) is 2.91. The van der Waals surface area contributed by atoms with Gasteiger partial charge in [-0.15, -0.1) is 0 Å². The highest BCUT2D eigenvalue weighted by Gasteiger charge is 2.19. The quantitative estimate of drug-likeness (QED) is 0.902. The van der Waals surface area contributed by atoms with Crippen LogP contribution in [0.2, 0.25) is 0 Å². The Morgan fingerprint density at radius 1 is 1.10 bits per heavy atom. The molecule has 0 saturated carbocycles. The van der Waals surface area contributed by atoms with Gasteiger partial charge in [-0.2, -0.15) is 0 Å². The Labute approximate surface area is 115 Å². The van der Waals surface area contributed by atoms with Gasteiger partial charge < -0.3 is 11.1 Å². The molecule has 0 fully saturated rings. The number of carbonyl (C=O) groups is 1. The minimum absolute atomic E-state index is 0.371. The van der Waals surface area contributed by atoms with E-state index in [0.29, 0.717) is 16.8 Å². The lowest BCUT2D eigenvalue weighted by atomic mass is 10.0. The van der Waals surface area contributed by atoms with E-state index >= 15 is 0 Å². The van der Waals surface area contributed by atoms with Crippen molar-refractivity contribution >= 4 is 11.6 Å². The van der Waals surface area contributed by atoms with Gasteiger partial charge in [-0.25, -0.2) is 8.78 Å². The molecule has 3 nitrogen and oxygen atoms in total. The Morgan fingerprint density at radius 3 is 2.25 bits per heavy atom. The summed E-state index contributed by atoms with van der Waals surface area (Å²) < 4.78 is 26.0. The monoisotopic (exact) mass is 276 g/mol. The van der Waals surface area contributed by atoms with E-state index in [0.717, 1.165) is 0 Å².